The molecule has 0 aromatic heterocycles. The fourth-order valence-electron chi connectivity index (χ4n) is 4.59. The van der Waals surface area contributed by atoms with Gasteiger partial charge in [-0.15, -0.1) is 0 Å². The number of epoxide rings is 1. The number of aliphatic hydroxyl groups excluding tert-OH is 3. The molecular weight excluding hydrogens is 456 g/mol. The van der Waals surface area contributed by atoms with Gasteiger partial charge in [-0.3, -0.25) is 4.79 Å². The molecule has 0 bridgehead atoms. The predicted octanol–water partition coefficient (Wildman–Crippen LogP) is 2.59. The Bertz CT molecular complexity index is 692. The zero-order valence-electron chi connectivity index (χ0n) is 21.3. The van der Waals surface area contributed by atoms with Crippen LogP contribution in [0.2, 0.25) is 0 Å². The normalized spacial score (nSPS) is 30.5. The number of aliphatic hydroxyl groups is 3. The van der Waals surface area contributed by atoms with Crippen molar-refractivity contribution in [2.45, 2.75) is 115 Å². The number of carboxylic acid groups (broad SMARTS) is 1. The second-order valence-corrected chi connectivity index (χ2v) is 10.2. The molecule has 4 N–H and O–H groups in total. The maximum atomic E-state index is 12.1. The van der Waals surface area contributed by atoms with E-state index in [1.165, 1.54) is 6.08 Å². The Hall–Kier alpha value is -1.52. The van der Waals surface area contributed by atoms with Gasteiger partial charge in [0.25, 0.3) is 0 Å². The summed E-state index contributed by atoms with van der Waals surface area (Å²) in [6.45, 7) is 6.07. The first-order chi connectivity index (χ1) is 16.6. The van der Waals surface area contributed by atoms with E-state index >= 15 is 0 Å². The number of carbonyl (C=O) groups excluding carboxylic acids is 1. The lowest BCUT2D eigenvalue weighted by molar-refractivity contribution is -0.165. The minimum absolute atomic E-state index is 0.0160. The lowest BCUT2D eigenvalue weighted by Crippen LogP contribution is -2.50. The first kappa shape index (κ1) is 29.7. The summed E-state index contributed by atoms with van der Waals surface area (Å²) in [5.41, 5.74) is 0.708. The monoisotopic (exact) mass is 500 g/mol. The van der Waals surface area contributed by atoms with Crippen LogP contribution in [0.1, 0.15) is 78.6 Å². The van der Waals surface area contributed by atoms with E-state index in [1.807, 2.05) is 6.92 Å². The molecular formula is C26H44O9. The van der Waals surface area contributed by atoms with Crippen LogP contribution in [0.15, 0.2) is 11.6 Å². The zero-order chi connectivity index (χ0) is 26.0. The number of esters is 1. The number of carbonyl (C=O) groups is 2. The van der Waals surface area contributed by atoms with Crippen molar-refractivity contribution >= 4 is 11.9 Å². The molecule has 0 saturated carbocycles. The summed E-state index contributed by atoms with van der Waals surface area (Å²) in [5, 5.41) is 39.5. The third-order valence-electron chi connectivity index (χ3n) is 7.09. The molecule has 2 heterocycles. The van der Waals surface area contributed by atoms with Crippen LogP contribution in [-0.4, -0.2) is 82.2 Å². The molecule has 0 aliphatic carbocycles. The van der Waals surface area contributed by atoms with Gasteiger partial charge >= 0.3 is 11.9 Å². The predicted molar refractivity (Wildman–Crippen MR) is 129 cm³/mol. The molecule has 35 heavy (non-hydrogen) atoms. The molecule has 9 heteroatoms. The third kappa shape index (κ3) is 10.6. The molecule has 0 radical (unpaired) electrons. The molecule has 2 aliphatic rings. The quantitative estimate of drug-likeness (QED) is 0.109. The number of aliphatic carboxylic acids is 1. The Morgan fingerprint density at radius 1 is 1.03 bits per heavy atom. The van der Waals surface area contributed by atoms with Crippen molar-refractivity contribution in [2.75, 3.05) is 13.2 Å². The molecule has 0 aromatic carbocycles. The average molecular weight is 501 g/mol. The van der Waals surface area contributed by atoms with Gasteiger partial charge in [-0.25, -0.2) is 4.79 Å². The summed E-state index contributed by atoms with van der Waals surface area (Å²) in [6, 6.07) is 0. The van der Waals surface area contributed by atoms with E-state index in [-0.39, 0.29) is 30.5 Å². The fraction of sp³-hybridized carbons (Fsp3) is 0.846. The van der Waals surface area contributed by atoms with Crippen LogP contribution in [-0.2, 0) is 23.8 Å². The van der Waals surface area contributed by atoms with E-state index in [0.29, 0.717) is 38.0 Å². The zero-order valence-corrected chi connectivity index (χ0v) is 21.3. The molecule has 2 rings (SSSR count). The second kappa shape index (κ2) is 14.9. The minimum Gasteiger partial charge on any atom is -0.481 e. The summed E-state index contributed by atoms with van der Waals surface area (Å²) >= 11 is 0. The van der Waals surface area contributed by atoms with Gasteiger partial charge in [0.05, 0.1) is 43.7 Å². The molecule has 0 aromatic rings. The number of hydrogen-bond acceptors (Lipinski definition) is 8. The molecule has 2 saturated heterocycles. The SMILES string of the molecule is C/C(=C\C(=O)OCCCCCCCCC(=O)O)CC1OC[C@H](C[C@H]2O[C@H]2[C@@H](C)[C@H](C)O)[C@@H](O)[C@H]1O. The summed E-state index contributed by atoms with van der Waals surface area (Å²) < 4.78 is 16.7. The van der Waals surface area contributed by atoms with Crippen LogP contribution in [0, 0.1) is 11.8 Å². The fourth-order valence-corrected chi connectivity index (χ4v) is 4.59. The lowest BCUT2D eigenvalue weighted by Gasteiger charge is -2.38. The Morgan fingerprint density at radius 3 is 2.34 bits per heavy atom. The van der Waals surface area contributed by atoms with Crippen LogP contribution in [0.5, 0.6) is 0 Å². The maximum absolute atomic E-state index is 12.1. The third-order valence-corrected chi connectivity index (χ3v) is 7.09. The molecule has 202 valence electrons. The standard InChI is InChI=1S/C26H44O9/c1-16(13-23(30)33-11-9-7-5-4-6-8-10-22(28)29)12-20-25(32)24(31)19(15-34-20)14-21-26(35-21)17(2)18(3)27/h13,17-21,24-27,31-32H,4-12,14-15H2,1-3H3,(H,28,29)/b16-13+/t17-,18-,19-,20?,21+,24+,25-,26-/m0/s1. The minimum atomic E-state index is -1.06. The Morgan fingerprint density at radius 2 is 1.69 bits per heavy atom. The Balaban J connectivity index is 1.62. The Labute approximate surface area is 208 Å². The van der Waals surface area contributed by atoms with Crippen molar-refractivity contribution in [3.05, 3.63) is 11.6 Å². The highest BCUT2D eigenvalue weighted by Gasteiger charge is 2.48. The van der Waals surface area contributed by atoms with Gasteiger partial charge in [0.15, 0.2) is 0 Å². The first-order valence-electron chi connectivity index (χ1n) is 13.0. The smallest absolute Gasteiger partial charge is 0.330 e. The van der Waals surface area contributed by atoms with E-state index in [2.05, 4.69) is 0 Å². The summed E-state index contributed by atoms with van der Waals surface area (Å²) in [6.07, 6.45) is 4.61. The molecule has 0 amide bonds. The van der Waals surface area contributed by atoms with Gasteiger partial charge < -0.3 is 34.6 Å². The van der Waals surface area contributed by atoms with Crippen molar-refractivity contribution in [3.8, 4) is 0 Å². The first-order valence-corrected chi connectivity index (χ1v) is 13.0. The highest BCUT2D eigenvalue weighted by atomic mass is 16.6. The van der Waals surface area contributed by atoms with Gasteiger partial charge in [-0.05, 0) is 39.5 Å². The summed E-state index contributed by atoms with van der Waals surface area (Å²) in [5.74, 6) is -1.42. The largest absolute Gasteiger partial charge is 0.481 e. The van der Waals surface area contributed by atoms with Crippen LogP contribution in [0.25, 0.3) is 0 Å². The molecule has 8 atom stereocenters. The van der Waals surface area contributed by atoms with E-state index < -0.39 is 36.4 Å². The molecule has 2 aliphatic heterocycles. The van der Waals surface area contributed by atoms with Gasteiger partial charge in [0, 0.05) is 24.3 Å². The van der Waals surface area contributed by atoms with Crippen molar-refractivity contribution in [1.29, 1.82) is 0 Å². The van der Waals surface area contributed by atoms with E-state index in [9.17, 15) is 24.9 Å². The van der Waals surface area contributed by atoms with Crippen LogP contribution in [0.3, 0.4) is 0 Å². The Kier molecular flexibility index (Phi) is 12.6. The summed E-state index contributed by atoms with van der Waals surface area (Å²) in [4.78, 5) is 22.5. The molecule has 1 unspecified atom stereocenters. The van der Waals surface area contributed by atoms with Crippen molar-refractivity contribution in [1.82, 2.24) is 0 Å². The number of ether oxygens (including phenoxy) is 3. The van der Waals surface area contributed by atoms with E-state index in [4.69, 9.17) is 19.3 Å². The van der Waals surface area contributed by atoms with E-state index in [1.54, 1.807) is 13.8 Å². The topological polar surface area (TPSA) is 146 Å². The van der Waals surface area contributed by atoms with Crippen molar-refractivity contribution < 1.29 is 44.2 Å². The van der Waals surface area contributed by atoms with Gasteiger partial charge in [-0.1, -0.05) is 38.2 Å². The number of hydrogen-bond donors (Lipinski definition) is 4. The highest BCUT2D eigenvalue weighted by Crippen LogP contribution is 2.38. The van der Waals surface area contributed by atoms with Crippen LogP contribution >= 0.6 is 0 Å². The second-order valence-electron chi connectivity index (χ2n) is 10.2. The lowest BCUT2D eigenvalue weighted by atomic mass is 9.85. The molecule has 2 fully saturated rings. The van der Waals surface area contributed by atoms with Crippen LogP contribution < -0.4 is 0 Å². The number of unbranched alkanes of at least 4 members (excludes halogenated alkanes) is 5. The number of rotatable bonds is 16. The van der Waals surface area contributed by atoms with Gasteiger partial charge in [-0.2, -0.15) is 0 Å². The molecule has 9 nitrogen and oxygen atoms in total. The van der Waals surface area contributed by atoms with Crippen LogP contribution in [0.4, 0.5) is 0 Å². The maximum Gasteiger partial charge on any atom is 0.330 e. The highest BCUT2D eigenvalue weighted by molar-refractivity contribution is 5.82. The van der Waals surface area contributed by atoms with Gasteiger partial charge in [0.1, 0.15) is 6.10 Å². The van der Waals surface area contributed by atoms with Crippen molar-refractivity contribution in [2.24, 2.45) is 11.8 Å². The van der Waals surface area contributed by atoms with Gasteiger partial charge in [0.2, 0.25) is 0 Å². The molecule has 0 spiro atoms. The van der Waals surface area contributed by atoms with E-state index in [0.717, 1.165) is 32.1 Å². The summed E-state index contributed by atoms with van der Waals surface area (Å²) in [7, 11) is 0. The van der Waals surface area contributed by atoms with Crippen molar-refractivity contribution in [3.63, 3.8) is 0 Å². The average Bonchev–Trinajstić information content (AvgIpc) is 3.55. The number of carboxylic acids is 1.